The lowest BCUT2D eigenvalue weighted by atomic mass is 10.8. The van der Waals surface area contributed by atoms with Crippen molar-refractivity contribution in [2.75, 3.05) is 0 Å². The Kier molecular flexibility index (Phi) is 2.48. The Morgan fingerprint density at radius 2 is 2.36 bits per heavy atom. The summed E-state index contributed by atoms with van der Waals surface area (Å²) >= 11 is 1.23. The van der Waals surface area contributed by atoms with Crippen LogP contribution in [0.2, 0.25) is 0 Å². The summed E-state index contributed by atoms with van der Waals surface area (Å²) in [6, 6.07) is 0. The van der Waals surface area contributed by atoms with Crippen LogP contribution in [-0.4, -0.2) is 20.3 Å². The number of nitrogens with one attached hydrogen (secondary N) is 1. The first-order valence-corrected chi connectivity index (χ1v) is 3.72. The lowest BCUT2D eigenvalue weighted by Gasteiger charge is -1.93. The molecular weight excluding hydrogens is 166 g/mol. The van der Waals surface area contributed by atoms with Crippen molar-refractivity contribution in [3.05, 3.63) is 16.1 Å². The average molecular weight is 172 g/mol. The molecule has 0 spiro atoms. The van der Waals surface area contributed by atoms with E-state index in [2.05, 4.69) is 15.2 Å². The van der Waals surface area contributed by atoms with Gasteiger partial charge in [-0.3, -0.25) is 9.78 Å². The van der Waals surface area contributed by atoms with E-state index >= 15 is 0 Å². The van der Waals surface area contributed by atoms with Gasteiger partial charge in [0.05, 0.1) is 0 Å². The fraction of sp³-hybridized carbons (Fsp3) is 0.200. The minimum Gasteiger partial charge on any atom is -0.488 e. The lowest BCUT2D eigenvalue weighted by Crippen LogP contribution is -2.09. The van der Waals surface area contributed by atoms with Crippen LogP contribution in [0, 0.1) is 5.75 Å². The molecule has 0 bridgehead atoms. The van der Waals surface area contributed by atoms with Crippen LogP contribution in [0.5, 0.6) is 5.88 Å². The molecule has 5 nitrogen and oxygen atoms in total. The van der Waals surface area contributed by atoms with E-state index < -0.39 is 11.4 Å². The average Bonchev–Trinajstić information content (AvgIpc) is 1.98. The third-order valence-electron chi connectivity index (χ3n) is 0.889. The number of H-pyrrole nitrogens is 1. The monoisotopic (exact) mass is 172 g/mol. The first-order chi connectivity index (χ1) is 5.24. The van der Waals surface area contributed by atoms with Gasteiger partial charge in [0.2, 0.25) is 0 Å². The number of aromatic amines is 1. The predicted molar refractivity (Wildman–Crippen MR) is 40.1 cm³/mol. The molecule has 0 aliphatic carbocycles. The Labute approximate surface area is 66.9 Å². The smallest absolute Gasteiger partial charge is 0.314 e. The molecule has 1 heterocycles. The van der Waals surface area contributed by atoms with Crippen LogP contribution in [0.25, 0.3) is 0 Å². The number of hydrogen-bond donors (Lipinski definition) is 2. The van der Waals surface area contributed by atoms with Gasteiger partial charge in [-0.25, -0.2) is 0 Å². The number of aromatic nitrogens is 3. The number of thioether (sulfide) groups is 1. The molecule has 1 aromatic heterocycles. The van der Waals surface area contributed by atoms with Crippen LogP contribution in [-0.2, 0) is 0 Å². The number of nitrogens with zero attached hydrogens (tertiary/aromatic N) is 2. The summed E-state index contributed by atoms with van der Waals surface area (Å²) in [7, 11) is 0. The van der Waals surface area contributed by atoms with Crippen molar-refractivity contribution in [3.63, 3.8) is 0 Å². The molecule has 6 heteroatoms. The minimum absolute atomic E-state index is 0.371. The van der Waals surface area contributed by atoms with E-state index in [9.17, 15) is 4.79 Å². The van der Waals surface area contributed by atoms with Crippen LogP contribution in [0.1, 0.15) is 6.92 Å². The molecule has 1 aromatic rings. The molecule has 0 aliphatic heterocycles. The van der Waals surface area contributed by atoms with E-state index in [1.165, 1.54) is 11.8 Å². The van der Waals surface area contributed by atoms with Gasteiger partial charge in [0, 0.05) is 5.75 Å². The highest BCUT2D eigenvalue weighted by Crippen LogP contribution is 2.12. The molecule has 2 N–H and O–H groups in total. The Hall–Kier alpha value is -1.04. The van der Waals surface area contributed by atoms with Gasteiger partial charge in [0.25, 0.3) is 5.88 Å². The Morgan fingerprint density at radius 3 is 2.91 bits per heavy atom. The van der Waals surface area contributed by atoms with Crippen molar-refractivity contribution in [1.29, 1.82) is 0 Å². The molecule has 1 rings (SSSR count). The van der Waals surface area contributed by atoms with Crippen molar-refractivity contribution >= 4 is 11.8 Å². The van der Waals surface area contributed by atoms with Gasteiger partial charge < -0.3 is 5.11 Å². The second-order valence-corrected chi connectivity index (χ2v) is 2.73. The van der Waals surface area contributed by atoms with Crippen molar-refractivity contribution in [1.82, 2.24) is 15.2 Å². The van der Waals surface area contributed by atoms with Crippen LogP contribution >= 0.6 is 11.8 Å². The summed E-state index contributed by atoms with van der Waals surface area (Å²) in [6.45, 7) is 1.80. The Balaban J connectivity index is 2.96. The fourth-order valence-electron chi connectivity index (χ4n) is 0.481. The van der Waals surface area contributed by atoms with Crippen LogP contribution in [0.3, 0.4) is 0 Å². The quantitative estimate of drug-likeness (QED) is 0.620. The van der Waals surface area contributed by atoms with Gasteiger partial charge in [0.15, 0.2) is 5.16 Å². The van der Waals surface area contributed by atoms with Crippen LogP contribution in [0.15, 0.2) is 9.95 Å². The third-order valence-corrected chi connectivity index (χ3v) is 1.53. The molecule has 11 heavy (non-hydrogen) atoms. The summed E-state index contributed by atoms with van der Waals surface area (Å²) < 4.78 is 0. The minimum atomic E-state index is -0.621. The van der Waals surface area contributed by atoms with E-state index in [0.717, 1.165) is 0 Å². The second-order valence-electron chi connectivity index (χ2n) is 1.64. The van der Waals surface area contributed by atoms with E-state index in [-0.39, 0.29) is 0 Å². The maximum absolute atomic E-state index is 10.7. The van der Waals surface area contributed by atoms with Gasteiger partial charge >= 0.3 is 5.56 Å². The zero-order chi connectivity index (χ0) is 8.27. The molecule has 0 fully saturated rings. The summed E-state index contributed by atoms with van der Waals surface area (Å²) in [5.41, 5.74) is -0.621. The SMILES string of the molecule is C[CH]Sc1nnc(O)c(=O)[nH]1. The third kappa shape index (κ3) is 1.94. The maximum atomic E-state index is 10.7. The van der Waals surface area contributed by atoms with Crippen LogP contribution < -0.4 is 5.56 Å². The fourth-order valence-corrected chi connectivity index (χ4v) is 0.944. The highest BCUT2D eigenvalue weighted by Gasteiger charge is 2.00. The summed E-state index contributed by atoms with van der Waals surface area (Å²) in [4.78, 5) is 13.0. The lowest BCUT2D eigenvalue weighted by molar-refractivity contribution is 0.428. The normalized spacial score (nSPS) is 9.91. The molecule has 59 valence electrons. The number of hydrogen-bond acceptors (Lipinski definition) is 5. The zero-order valence-electron chi connectivity index (χ0n) is 5.74. The van der Waals surface area contributed by atoms with Crippen molar-refractivity contribution in [2.24, 2.45) is 0 Å². The summed E-state index contributed by atoms with van der Waals surface area (Å²) in [5.74, 6) is 1.14. The molecule has 0 aliphatic rings. The van der Waals surface area contributed by atoms with E-state index in [4.69, 9.17) is 5.11 Å². The van der Waals surface area contributed by atoms with E-state index in [1.54, 1.807) is 12.7 Å². The zero-order valence-corrected chi connectivity index (χ0v) is 6.55. The topological polar surface area (TPSA) is 78.9 Å². The van der Waals surface area contributed by atoms with Crippen molar-refractivity contribution < 1.29 is 5.11 Å². The molecule has 1 radical (unpaired) electrons. The van der Waals surface area contributed by atoms with Crippen LogP contribution in [0.4, 0.5) is 0 Å². The van der Waals surface area contributed by atoms with Gasteiger partial charge in [-0.2, -0.15) is 0 Å². The molecule has 0 saturated carbocycles. The van der Waals surface area contributed by atoms with Gasteiger partial charge in [-0.05, 0) is 0 Å². The van der Waals surface area contributed by atoms with Crippen molar-refractivity contribution in [2.45, 2.75) is 12.1 Å². The summed E-state index contributed by atoms with van der Waals surface area (Å²) in [5, 5.41) is 15.8. The van der Waals surface area contributed by atoms with E-state index in [1.807, 2.05) is 0 Å². The Bertz CT molecular complexity index is 298. The molecule has 0 aromatic carbocycles. The molecule has 0 saturated heterocycles. The molecule has 0 amide bonds. The van der Waals surface area contributed by atoms with Crippen molar-refractivity contribution in [3.8, 4) is 5.88 Å². The maximum Gasteiger partial charge on any atom is 0.314 e. The Morgan fingerprint density at radius 1 is 1.64 bits per heavy atom. The van der Waals surface area contributed by atoms with Gasteiger partial charge in [-0.15, -0.1) is 10.2 Å². The second kappa shape index (κ2) is 3.38. The molecular formula is C5H6N3O2S. The number of aromatic hydroxyl groups is 1. The molecule has 0 atom stereocenters. The van der Waals surface area contributed by atoms with Gasteiger partial charge in [-0.1, -0.05) is 18.7 Å². The summed E-state index contributed by atoms with van der Waals surface area (Å²) in [6.07, 6.45) is 0. The highest BCUT2D eigenvalue weighted by molar-refractivity contribution is 8.01. The predicted octanol–water partition coefficient (Wildman–Crippen LogP) is 0.144. The first-order valence-electron chi connectivity index (χ1n) is 2.84. The standard InChI is InChI=1S/C5H6N3O2S/c1-2-11-5-6-3(9)4(10)7-8-5/h2H,1H3,(H,7,10)(H,6,8,9). The first kappa shape index (κ1) is 8.06. The largest absolute Gasteiger partial charge is 0.488 e. The van der Waals surface area contributed by atoms with Gasteiger partial charge in [0.1, 0.15) is 0 Å². The highest BCUT2D eigenvalue weighted by atomic mass is 32.2. The number of rotatable bonds is 2. The molecule has 0 unspecified atom stereocenters. The van der Waals surface area contributed by atoms with E-state index in [0.29, 0.717) is 5.16 Å².